The van der Waals surface area contributed by atoms with E-state index in [2.05, 4.69) is 43.7 Å². The average molecular weight is 344 g/mol. The van der Waals surface area contributed by atoms with Gasteiger partial charge < -0.3 is 9.47 Å². The first-order chi connectivity index (χ1) is 7.69. The van der Waals surface area contributed by atoms with E-state index in [0.717, 1.165) is 8.95 Å². The lowest BCUT2D eigenvalue weighted by atomic mass is 10.3. The first-order valence-corrected chi connectivity index (χ1v) is 5.89. The van der Waals surface area contributed by atoms with E-state index >= 15 is 0 Å². The van der Waals surface area contributed by atoms with Crippen molar-refractivity contribution in [1.29, 1.82) is 0 Å². The van der Waals surface area contributed by atoms with Crippen molar-refractivity contribution in [3.05, 3.63) is 21.1 Å². The van der Waals surface area contributed by atoms with E-state index in [0.29, 0.717) is 11.5 Å². The van der Waals surface area contributed by atoms with Gasteiger partial charge in [0, 0.05) is 0 Å². The van der Waals surface area contributed by atoms with Crippen LogP contribution in [0.2, 0.25) is 0 Å². The number of terminal acetylenes is 2. The van der Waals surface area contributed by atoms with Gasteiger partial charge in [0.05, 0.1) is 8.95 Å². The molecule has 0 saturated heterocycles. The molecule has 82 valence electrons. The number of halogens is 2. The quantitative estimate of drug-likeness (QED) is 0.781. The lowest BCUT2D eigenvalue weighted by Crippen LogP contribution is -1.97. The van der Waals surface area contributed by atoms with Crippen LogP contribution in [0.25, 0.3) is 0 Å². The summed E-state index contributed by atoms with van der Waals surface area (Å²) in [5, 5.41) is 0. The second kappa shape index (κ2) is 6.48. The van der Waals surface area contributed by atoms with Crippen LogP contribution in [0, 0.1) is 24.7 Å². The lowest BCUT2D eigenvalue weighted by Gasteiger charge is -2.10. The summed E-state index contributed by atoms with van der Waals surface area (Å²) < 4.78 is 12.2. The molecule has 0 fully saturated rings. The molecule has 0 aliphatic rings. The highest BCUT2D eigenvalue weighted by molar-refractivity contribution is 9.11. The maximum absolute atomic E-state index is 5.32. The molecule has 0 heterocycles. The highest BCUT2D eigenvalue weighted by Gasteiger charge is 2.08. The van der Waals surface area contributed by atoms with Crippen LogP contribution >= 0.6 is 31.9 Å². The Labute approximate surface area is 112 Å². The summed E-state index contributed by atoms with van der Waals surface area (Å²) in [4.78, 5) is 0. The maximum Gasteiger partial charge on any atom is 0.148 e. The van der Waals surface area contributed by atoms with E-state index in [-0.39, 0.29) is 13.2 Å². The van der Waals surface area contributed by atoms with E-state index in [9.17, 15) is 0 Å². The zero-order valence-corrected chi connectivity index (χ0v) is 11.5. The van der Waals surface area contributed by atoms with E-state index in [1.54, 1.807) is 12.1 Å². The number of hydrogen-bond acceptors (Lipinski definition) is 2. The van der Waals surface area contributed by atoms with Gasteiger partial charge in [-0.3, -0.25) is 0 Å². The van der Waals surface area contributed by atoms with E-state index in [4.69, 9.17) is 22.3 Å². The molecular formula is C12H8Br2O2. The highest BCUT2D eigenvalue weighted by Crippen LogP contribution is 2.36. The molecule has 0 N–H and O–H groups in total. The Bertz CT molecular complexity index is 412. The standard InChI is InChI=1S/C12H8Br2O2/c1-3-5-15-11-7-10(14)12(8-9(11)13)16-6-4-2/h1-2,7-8H,5-6H2. The molecule has 1 rings (SSSR count). The fourth-order valence-electron chi connectivity index (χ4n) is 0.970. The van der Waals surface area contributed by atoms with Gasteiger partial charge in [0.25, 0.3) is 0 Å². The summed E-state index contributed by atoms with van der Waals surface area (Å²) in [6, 6.07) is 3.54. The SMILES string of the molecule is C#CCOc1cc(Br)c(OCC#C)cc1Br. The van der Waals surface area contributed by atoms with Gasteiger partial charge in [-0.15, -0.1) is 12.8 Å². The van der Waals surface area contributed by atoms with Crippen LogP contribution in [-0.4, -0.2) is 13.2 Å². The summed E-state index contributed by atoms with van der Waals surface area (Å²) in [6.45, 7) is 0.436. The van der Waals surface area contributed by atoms with Gasteiger partial charge in [0.2, 0.25) is 0 Å². The smallest absolute Gasteiger partial charge is 0.148 e. The van der Waals surface area contributed by atoms with Crippen LogP contribution in [0.3, 0.4) is 0 Å². The number of hydrogen-bond donors (Lipinski definition) is 0. The Hall–Kier alpha value is -1.10. The van der Waals surface area contributed by atoms with E-state index in [1.165, 1.54) is 0 Å². The molecule has 0 spiro atoms. The normalized spacial score (nSPS) is 9.00. The van der Waals surface area contributed by atoms with Crippen molar-refractivity contribution in [2.75, 3.05) is 13.2 Å². The van der Waals surface area contributed by atoms with Gasteiger partial charge in [-0.25, -0.2) is 0 Å². The molecule has 4 heteroatoms. The molecule has 0 amide bonds. The minimum Gasteiger partial charge on any atom is -0.480 e. The van der Waals surface area contributed by atoms with E-state index < -0.39 is 0 Å². The van der Waals surface area contributed by atoms with Crippen molar-refractivity contribution >= 4 is 31.9 Å². The largest absolute Gasteiger partial charge is 0.480 e. The fraction of sp³-hybridized carbons (Fsp3) is 0.167. The van der Waals surface area contributed by atoms with Crippen molar-refractivity contribution in [1.82, 2.24) is 0 Å². The van der Waals surface area contributed by atoms with Gasteiger partial charge in [0.15, 0.2) is 0 Å². The van der Waals surface area contributed by atoms with Crippen molar-refractivity contribution in [2.24, 2.45) is 0 Å². The third-order valence-corrected chi connectivity index (χ3v) is 2.85. The zero-order chi connectivity index (χ0) is 12.0. The van der Waals surface area contributed by atoms with Crippen LogP contribution in [0.4, 0.5) is 0 Å². The van der Waals surface area contributed by atoms with Crippen LogP contribution < -0.4 is 9.47 Å². The fourth-order valence-corrected chi connectivity index (χ4v) is 1.84. The Morgan fingerprint density at radius 2 is 1.31 bits per heavy atom. The van der Waals surface area contributed by atoms with Crippen molar-refractivity contribution in [3.63, 3.8) is 0 Å². The molecule has 0 unspecified atom stereocenters. The third kappa shape index (κ3) is 3.48. The minimum atomic E-state index is 0.218. The molecular weight excluding hydrogens is 336 g/mol. The molecule has 0 radical (unpaired) electrons. The first kappa shape index (κ1) is 13.0. The van der Waals surface area contributed by atoms with Gasteiger partial charge in [-0.05, 0) is 44.0 Å². The minimum absolute atomic E-state index is 0.218. The Balaban J connectivity index is 2.90. The summed E-state index contributed by atoms with van der Waals surface area (Å²) in [5.41, 5.74) is 0. The third-order valence-electron chi connectivity index (χ3n) is 1.61. The Kier molecular flexibility index (Phi) is 5.25. The number of ether oxygens (including phenoxy) is 2. The molecule has 0 aliphatic carbocycles. The second-order valence-electron chi connectivity index (χ2n) is 2.70. The number of rotatable bonds is 4. The molecule has 0 saturated carbocycles. The monoisotopic (exact) mass is 342 g/mol. The van der Waals surface area contributed by atoms with Crippen LogP contribution in [0.15, 0.2) is 21.1 Å². The molecule has 1 aromatic carbocycles. The summed E-state index contributed by atoms with van der Waals surface area (Å²) in [7, 11) is 0. The molecule has 16 heavy (non-hydrogen) atoms. The Morgan fingerprint density at radius 1 is 0.938 bits per heavy atom. The molecule has 0 bridgehead atoms. The average Bonchev–Trinajstić information content (AvgIpc) is 2.28. The zero-order valence-electron chi connectivity index (χ0n) is 8.30. The van der Waals surface area contributed by atoms with Crippen LogP contribution in [0.1, 0.15) is 0 Å². The van der Waals surface area contributed by atoms with Crippen LogP contribution in [0.5, 0.6) is 11.5 Å². The molecule has 0 aromatic heterocycles. The molecule has 2 nitrogen and oxygen atoms in total. The van der Waals surface area contributed by atoms with E-state index in [1.807, 2.05) is 0 Å². The van der Waals surface area contributed by atoms with Gasteiger partial charge in [-0.2, -0.15) is 0 Å². The predicted molar refractivity (Wildman–Crippen MR) is 70.5 cm³/mol. The van der Waals surface area contributed by atoms with Gasteiger partial charge in [-0.1, -0.05) is 11.8 Å². The number of benzene rings is 1. The summed E-state index contributed by atoms with van der Waals surface area (Å²) >= 11 is 6.71. The van der Waals surface area contributed by atoms with Crippen molar-refractivity contribution in [2.45, 2.75) is 0 Å². The van der Waals surface area contributed by atoms with Crippen LogP contribution in [-0.2, 0) is 0 Å². The predicted octanol–water partition coefficient (Wildman–Crippen LogP) is 3.24. The van der Waals surface area contributed by atoms with Gasteiger partial charge in [0.1, 0.15) is 24.7 Å². The lowest BCUT2D eigenvalue weighted by molar-refractivity contribution is 0.356. The summed E-state index contributed by atoms with van der Waals surface area (Å²) in [5.74, 6) is 6.09. The van der Waals surface area contributed by atoms with Crippen molar-refractivity contribution < 1.29 is 9.47 Å². The second-order valence-corrected chi connectivity index (χ2v) is 4.41. The maximum atomic E-state index is 5.32. The van der Waals surface area contributed by atoms with Gasteiger partial charge >= 0.3 is 0 Å². The molecule has 0 atom stereocenters. The Morgan fingerprint density at radius 3 is 1.62 bits per heavy atom. The van der Waals surface area contributed by atoms with Crippen molar-refractivity contribution in [3.8, 4) is 36.2 Å². The highest BCUT2D eigenvalue weighted by atomic mass is 79.9. The summed E-state index contributed by atoms with van der Waals surface area (Å²) in [6.07, 6.45) is 10.2. The first-order valence-electron chi connectivity index (χ1n) is 4.30. The molecule has 1 aromatic rings. The topological polar surface area (TPSA) is 18.5 Å². The molecule has 0 aliphatic heterocycles.